The predicted octanol–water partition coefficient (Wildman–Crippen LogP) is 4.68. The molecule has 1 saturated carbocycles. The second kappa shape index (κ2) is 11.4. The molecule has 1 aliphatic carbocycles. The maximum Gasteiger partial charge on any atom is 0.0385 e. The van der Waals surface area contributed by atoms with Crippen molar-refractivity contribution in [2.75, 3.05) is 13.6 Å². The van der Waals surface area contributed by atoms with E-state index >= 15 is 0 Å². The number of unbranched alkanes of at least 4 members (excludes halogenated alkanes) is 3. The molecule has 1 fully saturated rings. The van der Waals surface area contributed by atoms with Crippen LogP contribution < -0.4 is 0 Å². The second-order valence-corrected chi connectivity index (χ2v) is 5.45. The molecule has 18 heavy (non-hydrogen) atoms. The zero-order valence-corrected chi connectivity index (χ0v) is 12.1. The van der Waals surface area contributed by atoms with Crippen LogP contribution in [0, 0.1) is 5.92 Å². The van der Waals surface area contributed by atoms with Crippen LogP contribution in [0.15, 0.2) is 9.98 Å². The van der Waals surface area contributed by atoms with Crippen molar-refractivity contribution in [1.29, 1.82) is 0 Å². The highest BCUT2D eigenvalue weighted by molar-refractivity contribution is 5.60. The first-order valence-electron chi connectivity index (χ1n) is 7.84. The lowest BCUT2D eigenvalue weighted by Gasteiger charge is -2.15. The topological polar surface area (TPSA) is 24.7 Å². The smallest absolute Gasteiger partial charge is 0.0385 e. The summed E-state index contributed by atoms with van der Waals surface area (Å²) in [4.78, 5) is 8.62. The number of hydrogen-bond acceptors (Lipinski definition) is 2. The number of nitrogens with zero attached hydrogens (tertiary/aromatic N) is 2. The summed E-state index contributed by atoms with van der Waals surface area (Å²) in [5, 5.41) is 0. The molecule has 2 heteroatoms. The highest BCUT2D eigenvalue weighted by atomic mass is 14.7. The highest BCUT2D eigenvalue weighted by Crippen LogP contribution is 2.20. The van der Waals surface area contributed by atoms with Crippen LogP contribution in [-0.2, 0) is 0 Å². The summed E-state index contributed by atoms with van der Waals surface area (Å²) < 4.78 is 0. The number of aliphatic imine (C=N–C) groups is 2. The van der Waals surface area contributed by atoms with Crippen LogP contribution >= 0.6 is 0 Å². The quantitative estimate of drug-likeness (QED) is 0.463. The molecule has 2 nitrogen and oxygen atoms in total. The van der Waals surface area contributed by atoms with E-state index in [1.165, 1.54) is 64.2 Å². The van der Waals surface area contributed by atoms with Crippen LogP contribution in [0.5, 0.6) is 0 Å². The van der Waals surface area contributed by atoms with E-state index in [9.17, 15) is 0 Å². The molecular weight excluding hydrogens is 220 g/mol. The van der Waals surface area contributed by atoms with Crippen molar-refractivity contribution in [3.63, 3.8) is 0 Å². The first-order chi connectivity index (χ1) is 8.93. The molecule has 1 rings (SSSR count). The molecule has 0 aromatic rings. The minimum Gasteiger partial charge on any atom is -0.301 e. The Morgan fingerprint density at radius 1 is 0.944 bits per heavy atom. The lowest BCUT2D eigenvalue weighted by Crippen LogP contribution is -2.05. The van der Waals surface area contributed by atoms with E-state index in [4.69, 9.17) is 0 Å². The summed E-state index contributed by atoms with van der Waals surface area (Å²) in [5.74, 6) is 0.775. The summed E-state index contributed by atoms with van der Waals surface area (Å²) >= 11 is 0. The Morgan fingerprint density at radius 3 is 2.39 bits per heavy atom. The fourth-order valence-corrected chi connectivity index (χ4v) is 2.60. The van der Waals surface area contributed by atoms with E-state index in [0.717, 1.165) is 18.9 Å². The van der Waals surface area contributed by atoms with Gasteiger partial charge in [0, 0.05) is 19.8 Å². The average Bonchev–Trinajstić information content (AvgIpc) is 2.34. The van der Waals surface area contributed by atoms with Crippen molar-refractivity contribution in [3.05, 3.63) is 0 Å². The minimum absolute atomic E-state index is 0.775. The Morgan fingerprint density at radius 2 is 1.67 bits per heavy atom. The van der Waals surface area contributed by atoms with Gasteiger partial charge in [0.15, 0.2) is 0 Å². The molecule has 0 unspecified atom stereocenters. The van der Waals surface area contributed by atoms with Crippen molar-refractivity contribution >= 4 is 12.4 Å². The zero-order chi connectivity index (χ0) is 12.9. The van der Waals surface area contributed by atoms with Gasteiger partial charge in [0.2, 0.25) is 0 Å². The van der Waals surface area contributed by atoms with Gasteiger partial charge in [-0.05, 0) is 44.2 Å². The van der Waals surface area contributed by atoms with Gasteiger partial charge in [0.05, 0.1) is 0 Å². The van der Waals surface area contributed by atoms with E-state index in [2.05, 4.69) is 16.2 Å². The molecule has 1 aliphatic rings. The van der Waals surface area contributed by atoms with Crippen LogP contribution in [0.2, 0.25) is 0 Å². The Balaban J connectivity index is 2.00. The Hall–Kier alpha value is -0.660. The van der Waals surface area contributed by atoms with E-state index in [1.54, 1.807) is 0 Å². The van der Waals surface area contributed by atoms with Gasteiger partial charge in [-0.15, -0.1) is 0 Å². The van der Waals surface area contributed by atoms with Gasteiger partial charge in [-0.1, -0.05) is 38.5 Å². The molecular formula is C16H30N2. The predicted molar refractivity (Wildman–Crippen MR) is 82.1 cm³/mol. The Labute approximate surface area is 113 Å². The normalized spacial score (nSPS) is 19.4. The largest absolute Gasteiger partial charge is 0.301 e. The number of rotatable bonds is 7. The van der Waals surface area contributed by atoms with Crippen LogP contribution in [0.1, 0.15) is 70.6 Å². The zero-order valence-electron chi connectivity index (χ0n) is 12.1. The molecule has 0 aromatic heterocycles. The first-order valence-corrected chi connectivity index (χ1v) is 7.84. The van der Waals surface area contributed by atoms with Gasteiger partial charge in [-0.25, -0.2) is 0 Å². The fraction of sp³-hybridized carbons (Fsp3) is 0.875. The molecule has 0 radical (unpaired) electrons. The second-order valence-electron chi connectivity index (χ2n) is 5.45. The molecule has 0 bridgehead atoms. The summed E-state index contributed by atoms with van der Waals surface area (Å²) in [6.07, 6.45) is 19.1. The van der Waals surface area contributed by atoms with E-state index in [-0.39, 0.29) is 0 Å². The van der Waals surface area contributed by atoms with Crippen molar-refractivity contribution in [3.8, 4) is 0 Å². The molecule has 0 atom stereocenters. The van der Waals surface area contributed by atoms with Crippen LogP contribution in [0.25, 0.3) is 0 Å². The molecule has 0 amide bonds. The summed E-state index contributed by atoms with van der Waals surface area (Å²) in [7, 11) is 1.85. The van der Waals surface area contributed by atoms with Gasteiger partial charge >= 0.3 is 0 Å². The number of hydrogen-bond donors (Lipinski definition) is 0. The third kappa shape index (κ3) is 8.43. The molecule has 0 spiro atoms. The van der Waals surface area contributed by atoms with Gasteiger partial charge in [0.25, 0.3) is 0 Å². The lowest BCUT2D eigenvalue weighted by molar-refractivity contribution is 0.456. The summed E-state index contributed by atoms with van der Waals surface area (Å²) in [5.41, 5.74) is 0. The van der Waals surface area contributed by atoms with Crippen molar-refractivity contribution in [2.24, 2.45) is 15.9 Å². The molecule has 0 aromatic carbocycles. The van der Waals surface area contributed by atoms with Gasteiger partial charge in [-0.2, -0.15) is 0 Å². The summed E-state index contributed by atoms with van der Waals surface area (Å²) in [6.45, 7) is 1.03. The molecule has 0 N–H and O–H groups in total. The highest BCUT2D eigenvalue weighted by Gasteiger charge is 2.08. The Kier molecular flexibility index (Phi) is 9.78. The van der Waals surface area contributed by atoms with Crippen molar-refractivity contribution in [2.45, 2.75) is 70.6 Å². The van der Waals surface area contributed by atoms with E-state index in [0.29, 0.717) is 0 Å². The van der Waals surface area contributed by atoms with Crippen LogP contribution in [-0.4, -0.2) is 26.0 Å². The maximum atomic E-state index is 4.63. The lowest BCUT2D eigenvalue weighted by atomic mass is 9.92. The SMILES string of the molecule is C/N=C/CCCCC/N=C/C1CCCCCCC1. The first kappa shape index (κ1) is 15.4. The molecule has 0 heterocycles. The van der Waals surface area contributed by atoms with Gasteiger partial charge < -0.3 is 4.99 Å². The standard InChI is InChI=1S/C16H30N2/c1-17-13-9-5-6-10-14-18-15-16-11-7-3-2-4-8-12-16/h13,15-16H,2-12,14H2,1H3/b17-13+,18-15+. The summed E-state index contributed by atoms with van der Waals surface area (Å²) in [6, 6.07) is 0. The van der Waals surface area contributed by atoms with Crippen molar-refractivity contribution in [1.82, 2.24) is 0 Å². The maximum absolute atomic E-state index is 4.63. The fourth-order valence-electron chi connectivity index (χ4n) is 2.60. The molecule has 104 valence electrons. The monoisotopic (exact) mass is 250 g/mol. The van der Waals surface area contributed by atoms with E-state index < -0.39 is 0 Å². The van der Waals surface area contributed by atoms with Gasteiger partial charge in [-0.3, -0.25) is 4.99 Å². The average molecular weight is 250 g/mol. The van der Waals surface area contributed by atoms with E-state index in [1.807, 2.05) is 13.3 Å². The van der Waals surface area contributed by atoms with Gasteiger partial charge in [0.1, 0.15) is 0 Å². The van der Waals surface area contributed by atoms with Crippen LogP contribution in [0.3, 0.4) is 0 Å². The van der Waals surface area contributed by atoms with Crippen LogP contribution in [0.4, 0.5) is 0 Å². The van der Waals surface area contributed by atoms with Crippen molar-refractivity contribution < 1.29 is 0 Å². The third-order valence-corrected chi connectivity index (χ3v) is 3.77. The third-order valence-electron chi connectivity index (χ3n) is 3.77. The molecule has 0 saturated heterocycles. The Bertz CT molecular complexity index is 225. The molecule has 0 aliphatic heterocycles. The minimum atomic E-state index is 0.775.